The molecule has 7 nitrogen and oxygen atoms in total. The Bertz CT molecular complexity index is 701. The van der Waals surface area contributed by atoms with Crippen molar-refractivity contribution < 1.29 is 24.3 Å². The molecule has 0 bridgehead atoms. The van der Waals surface area contributed by atoms with Crippen molar-refractivity contribution in [1.82, 2.24) is 10.2 Å². The number of carbonyl (C=O) groups is 4. The molecule has 3 amide bonds. The Morgan fingerprint density at radius 2 is 1.83 bits per heavy atom. The standard InChI is InChI=1S/C15H15BrN2O5/c1-7(2)12(15(22)23)17-11(19)6-18-13(20)9-4-3-8(16)5-10(9)14(18)21/h3-5,7,12H,6H2,1-2H3,(H,17,19)(H,22,23). The number of hydrogen-bond donors (Lipinski definition) is 2. The molecule has 1 aliphatic rings. The van der Waals surface area contributed by atoms with E-state index in [1.807, 2.05) is 0 Å². The Balaban J connectivity index is 2.13. The van der Waals surface area contributed by atoms with Gasteiger partial charge in [0.15, 0.2) is 0 Å². The molecular formula is C15H15BrN2O5. The zero-order chi connectivity index (χ0) is 17.3. The number of carboxylic acids is 1. The lowest BCUT2D eigenvalue weighted by Gasteiger charge is -2.20. The van der Waals surface area contributed by atoms with Crippen LogP contribution in [0.4, 0.5) is 0 Å². The van der Waals surface area contributed by atoms with Crippen molar-refractivity contribution in [1.29, 1.82) is 0 Å². The average Bonchev–Trinajstić information content (AvgIpc) is 2.69. The number of hydrogen-bond acceptors (Lipinski definition) is 4. The molecule has 0 saturated heterocycles. The van der Waals surface area contributed by atoms with E-state index in [1.54, 1.807) is 19.9 Å². The van der Waals surface area contributed by atoms with E-state index in [4.69, 9.17) is 5.11 Å². The number of rotatable bonds is 5. The molecule has 8 heteroatoms. The van der Waals surface area contributed by atoms with E-state index < -0.39 is 36.3 Å². The number of amides is 3. The Hall–Kier alpha value is -2.22. The molecule has 0 fully saturated rings. The molecule has 2 N–H and O–H groups in total. The predicted molar refractivity (Wildman–Crippen MR) is 83.9 cm³/mol. The van der Waals surface area contributed by atoms with Gasteiger partial charge in [0.2, 0.25) is 5.91 Å². The first-order valence-corrected chi connectivity index (χ1v) is 7.69. The van der Waals surface area contributed by atoms with Crippen molar-refractivity contribution in [3.05, 3.63) is 33.8 Å². The third kappa shape index (κ3) is 3.42. The molecule has 1 aromatic carbocycles. The van der Waals surface area contributed by atoms with E-state index in [0.717, 1.165) is 4.90 Å². The van der Waals surface area contributed by atoms with Crippen LogP contribution in [0, 0.1) is 5.92 Å². The van der Waals surface area contributed by atoms with Crippen LogP contribution in [0.3, 0.4) is 0 Å². The van der Waals surface area contributed by atoms with Crippen molar-refractivity contribution in [3.63, 3.8) is 0 Å². The number of nitrogens with one attached hydrogen (secondary N) is 1. The first-order chi connectivity index (χ1) is 10.7. The summed E-state index contributed by atoms with van der Waals surface area (Å²) in [5, 5.41) is 11.4. The van der Waals surface area contributed by atoms with Gasteiger partial charge in [-0.25, -0.2) is 4.79 Å². The zero-order valence-electron chi connectivity index (χ0n) is 12.5. The monoisotopic (exact) mass is 382 g/mol. The maximum absolute atomic E-state index is 12.2. The third-order valence-electron chi connectivity index (χ3n) is 3.48. The summed E-state index contributed by atoms with van der Waals surface area (Å²) in [5.41, 5.74) is 0.445. The summed E-state index contributed by atoms with van der Waals surface area (Å²) in [5.74, 6) is -3.32. The number of halogens is 1. The largest absolute Gasteiger partial charge is 0.480 e. The average molecular weight is 383 g/mol. The molecule has 2 rings (SSSR count). The van der Waals surface area contributed by atoms with Crippen LogP contribution in [0.15, 0.2) is 22.7 Å². The molecule has 0 aromatic heterocycles. The fourth-order valence-corrected chi connectivity index (χ4v) is 2.64. The highest BCUT2D eigenvalue weighted by Gasteiger charge is 2.37. The number of carbonyl (C=O) groups excluding carboxylic acids is 3. The number of carboxylic acid groups (broad SMARTS) is 1. The minimum Gasteiger partial charge on any atom is -0.480 e. The van der Waals surface area contributed by atoms with Crippen LogP contribution >= 0.6 is 15.9 Å². The molecule has 23 heavy (non-hydrogen) atoms. The molecule has 122 valence electrons. The van der Waals surface area contributed by atoms with E-state index in [1.165, 1.54) is 12.1 Å². The van der Waals surface area contributed by atoms with Gasteiger partial charge >= 0.3 is 5.97 Å². The van der Waals surface area contributed by atoms with Crippen LogP contribution in [0.2, 0.25) is 0 Å². The van der Waals surface area contributed by atoms with Gasteiger partial charge in [0.25, 0.3) is 11.8 Å². The van der Waals surface area contributed by atoms with Gasteiger partial charge in [0, 0.05) is 4.47 Å². The van der Waals surface area contributed by atoms with Gasteiger partial charge < -0.3 is 10.4 Å². The topological polar surface area (TPSA) is 104 Å². The second kappa shape index (κ2) is 6.49. The van der Waals surface area contributed by atoms with Crippen LogP contribution in [-0.2, 0) is 9.59 Å². The SMILES string of the molecule is CC(C)C(NC(=O)CN1C(=O)c2ccc(Br)cc2C1=O)C(=O)O. The summed E-state index contributed by atoms with van der Waals surface area (Å²) < 4.78 is 0.648. The fraction of sp³-hybridized carbons (Fsp3) is 0.333. The summed E-state index contributed by atoms with van der Waals surface area (Å²) in [6, 6.07) is 3.58. The van der Waals surface area contributed by atoms with Gasteiger partial charge in [0.1, 0.15) is 12.6 Å². The maximum atomic E-state index is 12.2. The quantitative estimate of drug-likeness (QED) is 0.746. The van der Waals surface area contributed by atoms with Crippen molar-refractivity contribution in [2.45, 2.75) is 19.9 Å². The maximum Gasteiger partial charge on any atom is 0.326 e. The lowest BCUT2D eigenvalue weighted by Crippen LogP contribution is -2.49. The normalized spacial score (nSPS) is 14.9. The van der Waals surface area contributed by atoms with Crippen molar-refractivity contribution in [3.8, 4) is 0 Å². The van der Waals surface area contributed by atoms with E-state index in [9.17, 15) is 19.2 Å². The van der Waals surface area contributed by atoms with Crippen LogP contribution in [0.1, 0.15) is 34.6 Å². The molecule has 1 unspecified atom stereocenters. The minimum absolute atomic E-state index is 0.218. The Labute approximate surface area is 140 Å². The van der Waals surface area contributed by atoms with Crippen molar-refractivity contribution in [2.24, 2.45) is 5.92 Å². The first kappa shape index (κ1) is 17.1. The molecule has 0 saturated carbocycles. The van der Waals surface area contributed by atoms with Gasteiger partial charge in [-0.05, 0) is 24.1 Å². The molecule has 1 heterocycles. The van der Waals surface area contributed by atoms with Gasteiger partial charge in [0.05, 0.1) is 11.1 Å². The van der Waals surface area contributed by atoms with Crippen molar-refractivity contribution in [2.75, 3.05) is 6.54 Å². The Kier molecular flexibility index (Phi) is 4.84. The second-order valence-corrected chi connectivity index (χ2v) is 6.43. The molecule has 1 atom stereocenters. The summed E-state index contributed by atoms with van der Waals surface area (Å²) in [6.45, 7) is 2.79. The van der Waals surface area contributed by atoms with E-state index in [0.29, 0.717) is 4.47 Å². The van der Waals surface area contributed by atoms with Crippen LogP contribution in [0.5, 0.6) is 0 Å². The molecule has 0 aliphatic carbocycles. The summed E-state index contributed by atoms with van der Waals surface area (Å²) in [7, 11) is 0. The van der Waals surface area contributed by atoms with Crippen LogP contribution in [-0.4, -0.2) is 46.3 Å². The number of nitrogens with zero attached hydrogens (tertiary/aromatic N) is 1. The Morgan fingerprint density at radius 3 is 2.39 bits per heavy atom. The zero-order valence-corrected chi connectivity index (χ0v) is 14.1. The molecule has 1 aliphatic heterocycles. The second-order valence-electron chi connectivity index (χ2n) is 5.51. The summed E-state index contributed by atoms with van der Waals surface area (Å²) >= 11 is 3.22. The number of fused-ring (bicyclic) bond motifs is 1. The molecule has 0 radical (unpaired) electrons. The Morgan fingerprint density at radius 1 is 1.22 bits per heavy atom. The predicted octanol–water partition coefficient (Wildman–Crippen LogP) is 1.27. The van der Waals surface area contributed by atoms with Crippen LogP contribution in [0.25, 0.3) is 0 Å². The van der Waals surface area contributed by atoms with E-state index in [-0.39, 0.29) is 17.0 Å². The molecule has 1 aromatic rings. The molecule has 0 spiro atoms. The van der Waals surface area contributed by atoms with E-state index >= 15 is 0 Å². The number of benzene rings is 1. The summed E-state index contributed by atoms with van der Waals surface area (Å²) in [6.07, 6.45) is 0. The first-order valence-electron chi connectivity index (χ1n) is 6.90. The van der Waals surface area contributed by atoms with Gasteiger partial charge in [-0.15, -0.1) is 0 Å². The fourth-order valence-electron chi connectivity index (χ4n) is 2.28. The number of imide groups is 1. The lowest BCUT2D eigenvalue weighted by atomic mass is 10.0. The highest BCUT2D eigenvalue weighted by Crippen LogP contribution is 2.25. The van der Waals surface area contributed by atoms with Gasteiger partial charge in [-0.1, -0.05) is 29.8 Å². The van der Waals surface area contributed by atoms with Gasteiger partial charge in [-0.3, -0.25) is 19.3 Å². The van der Waals surface area contributed by atoms with Crippen LogP contribution < -0.4 is 5.32 Å². The third-order valence-corrected chi connectivity index (χ3v) is 3.98. The van der Waals surface area contributed by atoms with E-state index in [2.05, 4.69) is 21.2 Å². The minimum atomic E-state index is -1.17. The number of aliphatic carboxylic acids is 1. The summed E-state index contributed by atoms with van der Waals surface area (Å²) in [4.78, 5) is 48.3. The highest BCUT2D eigenvalue weighted by atomic mass is 79.9. The molecular weight excluding hydrogens is 368 g/mol. The van der Waals surface area contributed by atoms with Gasteiger partial charge in [-0.2, -0.15) is 0 Å². The lowest BCUT2D eigenvalue weighted by molar-refractivity contribution is -0.143. The smallest absolute Gasteiger partial charge is 0.326 e. The van der Waals surface area contributed by atoms with Crippen molar-refractivity contribution >= 4 is 39.6 Å². The highest BCUT2D eigenvalue weighted by molar-refractivity contribution is 9.10.